The monoisotopic (exact) mass is 489 g/mol. The van der Waals surface area contributed by atoms with Crippen LogP contribution in [0, 0.1) is 12.7 Å². The van der Waals surface area contributed by atoms with Crippen molar-refractivity contribution in [2.45, 2.75) is 17.8 Å². The zero-order chi connectivity index (χ0) is 24.4. The molecule has 0 bridgehead atoms. The van der Waals surface area contributed by atoms with Gasteiger partial charge in [-0.15, -0.1) is 0 Å². The summed E-state index contributed by atoms with van der Waals surface area (Å²) in [4.78, 5) is 33.2. The van der Waals surface area contributed by atoms with E-state index >= 15 is 0 Å². The quantitative estimate of drug-likeness (QED) is 0.303. The van der Waals surface area contributed by atoms with Gasteiger partial charge in [0.2, 0.25) is 0 Å². The topological polar surface area (TPSA) is 64.4 Å². The molecule has 0 spiro atoms. The van der Waals surface area contributed by atoms with E-state index in [-0.39, 0.29) is 17.3 Å². The minimum atomic E-state index is -0.379. The molecule has 178 valence electrons. The molecule has 0 saturated carbocycles. The number of halogens is 1. The van der Waals surface area contributed by atoms with E-state index in [4.69, 9.17) is 9.72 Å². The smallest absolute Gasteiger partial charge is 0.266 e. The van der Waals surface area contributed by atoms with Crippen LogP contribution in [0.15, 0.2) is 76.7 Å². The summed E-state index contributed by atoms with van der Waals surface area (Å²) in [5, 5.41) is 0.876. The Morgan fingerprint density at radius 1 is 1.06 bits per heavy atom. The first-order chi connectivity index (χ1) is 17.0. The van der Waals surface area contributed by atoms with Gasteiger partial charge in [0.25, 0.3) is 11.5 Å². The highest BCUT2D eigenvalue weighted by Gasteiger charge is 2.20. The molecular weight excluding hydrogens is 465 g/mol. The molecule has 1 aliphatic rings. The molecule has 0 atom stereocenters. The Morgan fingerprint density at radius 2 is 1.80 bits per heavy atom. The number of amides is 1. The number of rotatable bonds is 5. The van der Waals surface area contributed by atoms with E-state index in [1.54, 1.807) is 35.2 Å². The molecule has 0 aliphatic carbocycles. The van der Waals surface area contributed by atoms with E-state index in [1.165, 1.54) is 28.5 Å². The predicted molar refractivity (Wildman–Crippen MR) is 135 cm³/mol. The molecule has 1 aliphatic heterocycles. The molecule has 4 aromatic rings. The summed E-state index contributed by atoms with van der Waals surface area (Å²) in [5.41, 5.74) is 3.50. The molecule has 1 aromatic heterocycles. The van der Waals surface area contributed by atoms with E-state index in [1.807, 2.05) is 31.2 Å². The molecular formula is C27H24FN3O3S. The Bertz CT molecular complexity index is 1450. The van der Waals surface area contributed by atoms with Crippen molar-refractivity contribution in [1.29, 1.82) is 0 Å². The van der Waals surface area contributed by atoms with Gasteiger partial charge in [-0.25, -0.2) is 9.37 Å². The van der Waals surface area contributed by atoms with Crippen LogP contribution < -0.4 is 5.56 Å². The number of aromatic nitrogens is 2. The van der Waals surface area contributed by atoms with Crippen LogP contribution in [0.3, 0.4) is 0 Å². The second-order valence-electron chi connectivity index (χ2n) is 8.36. The summed E-state index contributed by atoms with van der Waals surface area (Å²) < 4.78 is 20.4. The molecule has 2 heterocycles. The number of hydrogen-bond acceptors (Lipinski definition) is 5. The largest absolute Gasteiger partial charge is 0.378 e. The Labute approximate surface area is 206 Å². The summed E-state index contributed by atoms with van der Waals surface area (Å²) in [6.45, 7) is 4.14. The Hall–Kier alpha value is -3.49. The number of ether oxygens (including phenoxy) is 1. The summed E-state index contributed by atoms with van der Waals surface area (Å²) in [6, 6.07) is 18.8. The second kappa shape index (κ2) is 10.0. The normalized spacial score (nSPS) is 13.8. The van der Waals surface area contributed by atoms with Crippen LogP contribution in [0.25, 0.3) is 16.6 Å². The average molecular weight is 490 g/mol. The number of hydrogen-bond donors (Lipinski definition) is 0. The maximum atomic E-state index is 13.6. The Kier molecular flexibility index (Phi) is 6.66. The van der Waals surface area contributed by atoms with Gasteiger partial charge in [-0.3, -0.25) is 14.2 Å². The summed E-state index contributed by atoms with van der Waals surface area (Å²) in [7, 11) is 0. The number of carbonyl (C=O) groups is 1. The first-order valence-electron chi connectivity index (χ1n) is 11.4. The zero-order valence-corrected chi connectivity index (χ0v) is 20.1. The maximum absolute atomic E-state index is 13.6. The first kappa shape index (κ1) is 23.3. The summed E-state index contributed by atoms with van der Waals surface area (Å²) in [6.07, 6.45) is 0. The van der Waals surface area contributed by atoms with Gasteiger partial charge >= 0.3 is 0 Å². The number of fused-ring (bicyclic) bond motifs is 1. The van der Waals surface area contributed by atoms with Gasteiger partial charge in [0.1, 0.15) is 5.82 Å². The van der Waals surface area contributed by atoms with Crippen molar-refractivity contribution < 1.29 is 13.9 Å². The lowest BCUT2D eigenvalue weighted by molar-refractivity contribution is 0.0303. The third-order valence-electron chi connectivity index (χ3n) is 6.09. The zero-order valence-electron chi connectivity index (χ0n) is 19.2. The van der Waals surface area contributed by atoms with Crippen LogP contribution in [0.5, 0.6) is 0 Å². The van der Waals surface area contributed by atoms with Gasteiger partial charge in [0.15, 0.2) is 5.16 Å². The molecule has 1 fully saturated rings. The van der Waals surface area contributed by atoms with E-state index in [2.05, 4.69) is 0 Å². The van der Waals surface area contributed by atoms with Crippen molar-refractivity contribution >= 4 is 28.6 Å². The fraction of sp³-hybridized carbons (Fsp3) is 0.222. The highest BCUT2D eigenvalue weighted by molar-refractivity contribution is 7.98. The van der Waals surface area contributed by atoms with Gasteiger partial charge < -0.3 is 9.64 Å². The van der Waals surface area contributed by atoms with E-state index in [0.717, 1.165) is 11.1 Å². The van der Waals surface area contributed by atoms with Crippen LogP contribution in [0.4, 0.5) is 4.39 Å². The molecule has 35 heavy (non-hydrogen) atoms. The lowest BCUT2D eigenvalue weighted by atomic mass is 10.1. The van der Waals surface area contributed by atoms with Crippen molar-refractivity contribution in [2.75, 3.05) is 26.3 Å². The van der Waals surface area contributed by atoms with Gasteiger partial charge in [0, 0.05) is 24.4 Å². The van der Waals surface area contributed by atoms with Crippen LogP contribution >= 0.6 is 11.8 Å². The van der Waals surface area contributed by atoms with Crippen LogP contribution in [-0.2, 0) is 10.5 Å². The fourth-order valence-corrected chi connectivity index (χ4v) is 5.17. The standard InChI is InChI=1S/C27H24FN3O3S/c1-18-4-2-3-5-20(18)17-35-27-29-24-16-19(25(32)30-12-14-34-15-13-30)6-11-23(24)26(33)31(27)22-9-7-21(28)8-10-22/h2-11,16H,12-15,17H2,1H3. The average Bonchev–Trinajstić information content (AvgIpc) is 2.89. The van der Waals surface area contributed by atoms with Crippen molar-refractivity contribution in [3.05, 3.63) is 99.6 Å². The van der Waals surface area contributed by atoms with Gasteiger partial charge in [-0.2, -0.15) is 0 Å². The van der Waals surface area contributed by atoms with E-state index in [0.29, 0.717) is 59.4 Å². The number of benzene rings is 3. The lowest BCUT2D eigenvalue weighted by Crippen LogP contribution is -2.40. The van der Waals surface area contributed by atoms with E-state index < -0.39 is 0 Å². The molecule has 6 nitrogen and oxygen atoms in total. The molecule has 1 saturated heterocycles. The third-order valence-corrected chi connectivity index (χ3v) is 7.07. The molecule has 0 radical (unpaired) electrons. The van der Waals surface area contributed by atoms with Gasteiger partial charge in [0.05, 0.1) is 29.8 Å². The van der Waals surface area contributed by atoms with Crippen LogP contribution in [-0.4, -0.2) is 46.7 Å². The minimum absolute atomic E-state index is 0.103. The number of nitrogens with zero attached hydrogens (tertiary/aromatic N) is 3. The van der Waals surface area contributed by atoms with Crippen molar-refractivity contribution in [3.63, 3.8) is 0 Å². The van der Waals surface area contributed by atoms with Crippen molar-refractivity contribution in [1.82, 2.24) is 14.5 Å². The molecule has 3 aromatic carbocycles. The molecule has 1 amide bonds. The molecule has 5 rings (SSSR count). The lowest BCUT2D eigenvalue weighted by Gasteiger charge is -2.26. The van der Waals surface area contributed by atoms with Crippen LogP contribution in [0.2, 0.25) is 0 Å². The number of carbonyl (C=O) groups excluding carboxylic acids is 1. The number of thioether (sulfide) groups is 1. The van der Waals surface area contributed by atoms with Crippen molar-refractivity contribution in [3.8, 4) is 5.69 Å². The molecule has 8 heteroatoms. The fourth-order valence-electron chi connectivity index (χ4n) is 4.08. The predicted octanol–water partition coefficient (Wildman–Crippen LogP) is 4.60. The maximum Gasteiger partial charge on any atom is 0.266 e. The van der Waals surface area contributed by atoms with Crippen LogP contribution in [0.1, 0.15) is 21.5 Å². The highest BCUT2D eigenvalue weighted by Crippen LogP contribution is 2.26. The SMILES string of the molecule is Cc1ccccc1CSc1nc2cc(C(=O)N3CCOCC3)ccc2c(=O)n1-c1ccc(F)cc1. The molecule has 0 unspecified atom stereocenters. The molecule has 0 N–H and O–H groups in total. The Morgan fingerprint density at radius 3 is 2.54 bits per heavy atom. The van der Waals surface area contributed by atoms with Gasteiger partial charge in [-0.05, 0) is 60.5 Å². The number of morpholine rings is 1. The summed E-state index contributed by atoms with van der Waals surface area (Å²) in [5.74, 6) is 0.128. The number of aryl methyl sites for hydroxylation is 1. The third kappa shape index (κ3) is 4.85. The van der Waals surface area contributed by atoms with Crippen molar-refractivity contribution in [2.24, 2.45) is 0 Å². The minimum Gasteiger partial charge on any atom is -0.378 e. The Balaban J connectivity index is 1.59. The summed E-state index contributed by atoms with van der Waals surface area (Å²) >= 11 is 1.43. The van der Waals surface area contributed by atoms with Gasteiger partial charge in [-0.1, -0.05) is 36.0 Å². The second-order valence-corrected chi connectivity index (χ2v) is 9.31. The first-order valence-corrected chi connectivity index (χ1v) is 12.4. The van der Waals surface area contributed by atoms with E-state index in [9.17, 15) is 14.0 Å². The highest BCUT2D eigenvalue weighted by atomic mass is 32.2.